The highest BCUT2D eigenvalue weighted by Gasteiger charge is 2.20. The lowest BCUT2D eigenvalue weighted by molar-refractivity contribution is 0.157. The topological polar surface area (TPSA) is 39.7 Å². The first kappa shape index (κ1) is 15.3. The van der Waals surface area contributed by atoms with Crippen molar-refractivity contribution < 1.29 is 0 Å². The van der Waals surface area contributed by atoms with Gasteiger partial charge >= 0.3 is 0 Å². The molecule has 2 heterocycles. The van der Waals surface area contributed by atoms with E-state index in [1.165, 1.54) is 31.4 Å². The van der Waals surface area contributed by atoms with Gasteiger partial charge in [0.05, 0.1) is 0 Å². The number of rotatable bonds is 5. The van der Waals surface area contributed by atoms with Gasteiger partial charge in [-0.3, -0.25) is 9.89 Å². The van der Waals surface area contributed by atoms with Gasteiger partial charge in [-0.15, -0.1) is 0 Å². The molecule has 5 heteroatoms. The van der Waals surface area contributed by atoms with Crippen LogP contribution in [0.5, 0.6) is 0 Å². The molecule has 1 unspecified atom stereocenters. The molecule has 0 spiro atoms. The molecule has 1 aliphatic heterocycles. The maximum Gasteiger partial charge on any atom is 0.191 e. The average Bonchev–Trinajstić information content (AvgIpc) is 3.01. The fraction of sp³-hybridized carbons (Fsp3) is 0.667. The van der Waals surface area contributed by atoms with Crippen LogP contribution in [0.25, 0.3) is 0 Å². The van der Waals surface area contributed by atoms with E-state index in [0.29, 0.717) is 6.04 Å². The third-order valence-electron chi connectivity index (χ3n) is 3.92. The third-order valence-corrected chi connectivity index (χ3v) is 4.66. The first-order chi connectivity index (χ1) is 9.83. The van der Waals surface area contributed by atoms with E-state index in [4.69, 9.17) is 0 Å². The molecule has 0 bridgehead atoms. The summed E-state index contributed by atoms with van der Waals surface area (Å²) in [5.41, 5.74) is 1.31. The summed E-state index contributed by atoms with van der Waals surface area (Å²) < 4.78 is 0. The van der Waals surface area contributed by atoms with Crippen LogP contribution in [0.1, 0.15) is 31.7 Å². The molecule has 2 N–H and O–H groups in total. The van der Waals surface area contributed by atoms with Crippen LogP contribution in [-0.4, -0.2) is 43.6 Å². The maximum atomic E-state index is 4.30. The molecule has 1 aliphatic rings. The van der Waals surface area contributed by atoms with E-state index in [1.807, 2.05) is 7.05 Å². The number of nitrogens with zero attached hydrogens (tertiary/aromatic N) is 2. The molecule has 4 nitrogen and oxygen atoms in total. The van der Waals surface area contributed by atoms with E-state index in [9.17, 15) is 0 Å². The van der Waals surface area contributed by atoms with E-state index in [2.05, 4.69) is 44.3 Å². The van der Waals surface area contributed by atoms with E-state index in [-0.39, 0.29) is 0 Å². The second-order valence-corrected chi connectivity index (χ2v) is 6.00. The van der Waals surface area contributed by atoms with Crippen molar-refractivity contribution in [1.82, 2.24) is 15.5 Å². The Morgan fingerprint density at radius 3 is 3.05 bits per heavy atom. The van der Waals surface area contributed by atoms with Gasteiger partial charge in [0.2, 0.25) is 0 Å². The van der Waals surface area contributed by atoms with Gasteiger partial charge in [-0.05, 0) is 48.3 Å². The summed E-state index contributed by atoms with van der Waals surface area (Å²) in [4.78, 5) is 6.87. The van der Waals surface area contributed by atoms with Gasteiger partial charge in [-0.1, -0.05) is 13.3 Å². The Balaban J connectivity index is 1.75. The minimum atomic E-state index is 0.647. The monoisotopic (exact) mass is 294 g/mol. The number of hydrogen-bond donors (Lipinski definition) is 2. The molecule has 0 saturated carbocycles. The lowest BCUT2D eigenvalue weighted by Gasteiger charge is -2.35. The molecule has 0 aliphatic carbocycles. The number of thiophene rings is 1. The zero-order chi connectivity index (χ0) is 14.2. The Kier molecular flexibility index (Phi) is 6.33. The minimum Gasteiger partial charge on any atom is -0.355 e. The molecule has 1 aromatic heterocycles. The van der Waals surface area contributed by atoms with E-state index in [1.54, 1.807) is 11.3 Å². The van der Waals surface area contributed by atoms with E-state index in [0.717, 1.165) is 25.6 Å². The lowest BCUT2D eigenvalue weighted by Crippen LogP contribution is -2.48. The maximum absolute atomic E-state index is 4.30. The second kappa shape index (κ2) is 8.27. The number of hydrogen-bond acceptors (Lipinski definition) is 3. The molecule has 1 atom stereocenters. The number of piperidine rings is 1. The number of aliphatic imine (C=N–C) groups is 1. The lowest BCUT2D eigenvalue weighted by atomic mass is 10.0. The van der Waals surface area contributed by atoms with Crippen LogP contribution in [-0.2, 0) is 6.54 Å². The molecule has 20 heavy (non-hydrogen) atoms. The summed E-state index contributed by atoms with van der Waals surface area (Å²) in [7, 11) is 1.83. The minimum absolute atomic E-state index is 0.647. The van der Waals surface area contributed by atoms with Gasteiger partial charge in [0.15, 0.2) is 5.96 Å². The number of likely N-dealkylation sites (N-methyl/N-ethyl adjacent to an activating group) is 1. The predicted octanol–water partition coefficient (Wildman–Crippen LogP) is 2.29. The Morgan fingerprint density at radius 1 is 1.45 bits per heavy atom. The number of likely N-dealkylation sites (tertiary alicyclic amines) is 1. The third kappa shape index (κ3) is 4.49. The van der Waals surface area contributed by atoms with Gasteiger partial charge in [0.1, 0.15) is 0 Å². The van der Waals surface area contributed by atoms with Crippen molar-refractivity contribution in [3.8, 4) is 0 Å². The standard InChI is InChI=1S/C15H26N4S/c1-3-19-8-5-4-6-14(19)11-18-15(16-2)17-10-13-7-9-20-12-13/h7,9,12,14H,3-6,8,10-11H2,1-2H3,(H2,16,17,18). The summed E-state index contributed by atoms with van der Waals surface area (Å²) in [5.74, 6) is 0.901. The van der Waals surface area contributed by atoms with Crippen LogP contribution in [0.15, 0.2) is 21.8 Å². The van der Waals surface area contributed by atoms with Gasteiger partial charge in [0, 0.05) is 26.2 Å². The Morgan fingerprint density at radius 2 is 2.35 bits per heavy atom. The van der Waals surface area contributed by atoms with Crippen LogP contribution in [0, 0.1) is 0 Å². The Labute approximate surface area is 126 Å². The summed E-state index contributed by atoms with van der Waals surface area (Å²) in [6.07, 6.45) is 3.99. The van der Waals surface area contributed by atoms with Crippen molar-refractivity contribution in [2.75, 3.05) is 26.7 Å². The second-order valence-electron chi connectivity index (χ2n) is 5.22. The first-order valence-electron chi connectivity index (χ1n) is 7.53. The van der Waals surface area contributed by atoms with Crippen LogP contribution >= 0.6 is 11.3 Å². The molecular weight excluding hydrogens is 268 g/mol. The summed E-state index contributed by atoms with van der Waals surface area (Å²) in [6, 6.07) is 2.79. The first-order valence-corrected chi connectivity index (χ1v) is 8.47. The van der Waals surface area contributed by atoms with Gasteiger partial charge in [0.25, 0.3) is 0 Å². The van der Waals surface area contributed by atoms with Crippen molar-refractivity contribution in [2.24, 2.45) is 4.99 Å². The molecule has 1 aromatic rings. The molecule has 2 rings (SSSR count). The smallest absolute Gasteiger partial charge is 0.191 e. The van der Waals surface area contributed by atoms with Crippen molar-refractivity contribution in [3.05, 3.63) is 22.4 Å². The summed E-state index contributed by atoms with van der Waals surface area (Å²) in [6.45, 7) is 6.46. The van der Waals surface area contributed by atoms with Gasteiger partial charge < -0.3 is 10.6 Å². The quantitative estimate of drug-likeness (QED) is 0.646. The van der Waals surface area contributed by atoms with Crippen molar-refractivity contribution in [2.45, 2.75) is 38.8 Å². The molecular formula is C15H26N4S. The Hall–Kier alpha value is -1.07. The van der Waals surface area contributed by atoms with Crippen LogP contribution in [0.3, 0.4) is 0 Å². The summed E-state index contributed by atoms with van der Waals surface area (Å²) in [5, 5.41) is 11.1. The molecule has 1 fully saturated rings. The van der Waals surface area contributed by atoms with Gasteiger partial charge in [-0.25, -0.2) is 0 Å². The molecule has 112 valence electrons. The van der Waals surface area contributed by atoms with Crippen LogP contribution < -0.4 is 10.6 Å². The Bertz CT molecular complexity index is 402. The summed E-state index contributed by atoms with van der Waals surface area (Å²) >= 11 is 1.73. The van der Waals surface area contributed by atoms with Crippen molar-refractivity contribution in [1.29, 1.82) is 0 Å². The van der Waals surface area contributed by atoms with Gasteiger partial charge in [-0.2, -0.15) is 11.3 Å². The van der Waals surface area contributed by atoms with E-state index >= 15 is 0 Å². The average molecular weight is 294 g/mol. The molecule has 0 radical (unpaired) electrons. The number of nitrogens with one attached hydrogen (secondary N) is 2. The van der Waals surface area contributed by atoms with Crippen LogP contribution in [0.2, 0.25) is 0 Å². The highest BCUT2D eigenvalue weighted by molar-refractivity contribution is 7.07. The van der Waals surface area contributed by atoms with E-state index < -0.39 is 0 Å². The fourth-order valence-corrected chi connectivity index (χ4v) is 3.39. The highest BCUT2D eigenvalue weighted by atomic mass is 32.1. The SMILES string of the molecule is CCN1CCCCC1CNC(=NC)NCc1ccsc1. The normalized spacial score (nSPS) is 20.9. The number of guanidine groups is 1. The predicted molar refractivity (Wildman–Crippen MR) is 87.4 cm³/mol. The molecule has 1 saturated heterocycles. The highest BCUT2D eigenvalue weighted by Crippen LogP contribution is 2.15. The molecule has 0 aromatic carbocycles. The fourth-order valence-electron chi connectivity index (χ4n) is 2.72. The van der Waals surface area contributed by atoms with Crippen molar-refractivity contribution >= 4 is 17.3 Å². The van der Waals surface area contributed by atoms with Crippen LogP contribution in [0.4, 0.5) is 0 Å². The van der Waals surface area contributed by atoms with Crippen molar-refractivity contribution in [3.63, 3.8) is 0 Å². The zero-order valence-corrected chi connectivity index (χ0v) is 13.4. The zero-order valence-electron chi connectivity index (χ0n) is 12.6. The largest absolute Gasteiger partial charge is 0.355 e. The molecule has 0 amide bonds.